The van der Waals surface area contributed by atoms with E-state index in [1.807, 2.05) is 0 Å². The molecule has 106 valence electrons. The van der Waals surface area contributed by atoms with Crippen molar-refractivity contribution in [3.8, 4) is 0 Å². The van der Waals surface area contributed by atoms with Crippen LogP contribution in [0.2, 0.25) is 0 Å². The Morgan fingerprint density at radius 2 is 2.00 bits per heavy atom. The van der Waals surface area contributed by atoms with E-state index in [1.54, 1.807) is 18.2 Å². The molecule has 0 spiro atoms. The van der Waals surface area contributed by atoms with Gasteiger partial charge in [-0.15, -0.1) is 0 Å². The minimum Gasteiger partial charge on any atom is -0.322 e. The lowest BCUT2D eigenvalue weighted by Crippen LogP contribution is -2.35. The molecular formula is C15H23FN2O. The quantitative estimate of drug-likeness (QED) is 0.796. The van der Waals surface area contributed by atoms with Crippen molar-refractivity contribution < 1.29 is 9.18 Å². The third-order valence-corrected chi connectivity index (χ3v) is 3.21. The Labute approximate surface area is 114 Å². The van der Waals surface area contributed by atoms with Gasteiger partial charge in [0.05, 0.1) is 12.2 Å². The van der Waals surface area contributed by atoms with Crippen LogP contribution in [0.15, 0.2) is 24.3 Å². The zero-order chi connectivity index (χ0) is 14.3. The van der Waals surface area contributed by atoms with E-state index < -0.39 is 5.82 Å². The first-order chi connectivity index (χ1) is 9.02. The highest BCUT2D eigenvalue weighted by molar-refractivity contribution is 5.92. The third kappa shape index (κ3) is 5.83. The lowest BCUT2D eigenvalue weighted by Gasteiger charge is -2.17. The molecule has 2 unspecified atom stereocenters. The standard InChI is InChI=1S/C15H23FN2O/c1-4-11(2)9-12(3)17-10-15(19)18-14-8-6-5-7-13(14)16/h5-8,11-12,17H,4,9-10H2,1-3H3,(H,18,19). The maximum absolute atomic E-state index is 13.3. The van der Waals surface area contributed by atoms with Crippen LogP contribution < -0.4 is 10.6 Å². The van der Waals surface area contributed by atoms with Gasteiger partial charge in [0.1, 0.15) is 5.82 Å². The van der Waals surface area contributed by atoms with Crippen LogP contribution in [-0.4, -0.2) is 18.5 Å². The number of nitrogens with one attached hydrogen (secondary N) is 2. The van der Waals surface area contributed by atoms with Gasteiger partial charge in [-0.25, -0.2) is 4.39 Å². The topological polar surface area (TPSA) is 41.1 Å². The molecule has 0 aliphatic heterocycles. The van der Waals surface area contributed by atoms with Gasteiger partial charge in [0.25, 0.3) is 0 Å². The molecule has 1 amide bonds. The third-order valence-electron chi connectivity index (χ3n) is 3.21. The molecule has 0 radical (unpaired) electrons. The van der Waals surface area contributed by atoms with Gasteiger partial charge in [-0.3, -0.25) is 4.79 Å². The smallest absolute Gasteiger partial charge is 0.238 e. The van der Waals surface area contributed by atoms with Crippen molar-refractivity contribution in [2.75, 3.05) is 11.9 Å². The number of halogens is 1. The molecule has 0 saturated heterocycles. The Hall–Kier alpha value is -1.42. The molecule has 0 aliphatic rings. The fourth-order valence-electron chi connectivity index (χ4n) is 1.88. The lowest BCUT2D eigenvalue weighted by molar-refractivity contribution is -0.115. The second-order valence-electron chi connectivity index (χ2n) is 5.06. The molecule has 1 aromatic rings. The van der Waals surface area contributed by atoms with Gasteiger partial charge in [0.2, 0.25) is 5.91 Å². The van der Waals surface area contributed by atoms with Crippen molar-refractivity contribution in [2.45, 2.75) is 39.7 Å². The molecule has 3 nitrogen and oxygen atoms in total. The van der Waals surface area contributed by atoms with E-state index in [2.05, 4.69) is 31.4 Å². The van der Waals surface area contributed by atoms with Crippen LogP contribution in [0.25, 0.3) is 0 Å². The number of anilines is 1. The van der Waals surface area contributed by atoms with E-state index in [1.165, 1.54) is 6.07 Å². The van der Waals surface area contributed by atoms with Gasteiger partial charge in [-0.05, 0) is 31.4 Å². The summed E-state index contributed by atoms with van der Waals surface area (Å²) in [5.74, 6) is 0.00161. The number of rotatable bonds is 7. The maximum atomic E-state index is 13.3. The fourth-order valence-corrected chi connectivity index (χ4v) is 1.88. The minimum atomic E-state index is -0.413. The molecule has 0 heterocycles. The average Bonchev–Trinajstić information content (AvgIpc) is 2.39. The highest BCUT2D eigenvalue weighted by Gasteiger charge is 2.10. The summed E-state index contributed by atoms with van der Waals surface area (Å²) in [6.07, 6.45) is 2.16. The summed E-state index contributed by atoms with van der Waals surface area (Å²) in [4.78, 5) is 11.7. The summed E-state index contributed by atoms with van der Waals surface area (Å²) in [6, 6.07) is 6.45. The molecule has 2 N–H and O–H groups in total. The molecule has 2 atom stereocenters. The van der Waals surface area contributed by atoms with Gasteiger partial charge >= 0.3 is 0 Å². The Morgan fingerprint density at radius 1 is 1.32 bits per heavy atom. The van der Waals surface area contributed by atoms with Crippen LogP contribution in [0.4, 0.5) is 10.1 Å². The normalized spacial score (nSPS) is 13.9. The molecule has 0 aliphatic carbocycles. The van der Waals surface area contributed by atoms with Crippen LogP contribution in [0.3, 0.4) is 0 Å². The molecule has 1 aromatic carbocycles. The van der Waals surface area contributed by atoms with Gasteiger partial charge in [-0.2, -0.15) is 0 Å². The number of hydrogen-bond acceptors (Lipinski definition) is 2. The van der Waals surface area contributed by atoms with E-state index in [-0.39, 0.29) is 24.2 Å². The van der Waals surface area contributed by atoms with Gasteiger partial charge in [0, 0.05) is 6.04 Å². The van der Waals surface area contributed by atoms with Crippen LogP contribution in [0.1, 0.15) is 33.6 Å². The second kappa shape index (κ2) is 7.89. The monoisotopic (exact) mass is 266 g/mol. The molecule has 1 rings (SSSR count). The van der Waals surface area contributed by atoms with E-state index >= 15 is 0 Å². The van der Waals surface area contributed by atoms with E-state index in [0.29, 0.717) is 5.92 Å². The molecule has 0 bridgehead atoms. The van der Waals surface area contributed by atoms with Crippen molar-refractivity contribution in [2.24, 2.45) is 5.92 Å². The summed E-state index contributed by atoms with van der Waals surface area (Å²) in [5, 5.41) is 5.71. The second-order valence-corrected chi connectivity index (χ2v) is 5.06. The first-order valence-corrected chi connectivity index (χ1v) is 6.80. The number of hydrogen-bond donors (Lipinski definition) is 2. The Balaban J connectivity index is 2.34. The zero-order valence-corrected chi connectivity index (χ0v) is 11.9. The van der Waals surface area contributed by atoms with Crippen molar-refractivity contribution in [1.29, 1.82) is 0 Å². The van der Waals surface area contributed by atoms with Crippen LogP contribution in [0.5, 0.6) is 0 Å². The Kier molecular flexibility index (Phi) is 6.50. The predicted molar refractivity (Wildman–Crippen MR) is 76.6 cm³/mol. The molecule has 0 aromatic heterocycles. The first kappa shape index (κ1) is 15.6. The predicted octanol–water partition coefficient (Wildman–Crippen LogP) is 3.18. The summed E-state index contributed by atoms with van der Waals surface area (Å²) < 4.78 is 13.3. The summed E-state index contributed by atoms with van der Waals surface area (Å²) in [5.41, 5.74) is 0.226. The minimum absolute atomic E-state index is 0.200. The zero-order valence-electron chi connectivity index (χ0n) is 11.9. The first-order valence-electron chi connectivity index (χ1n) is 6.80. The van der Waals surface area contributed by atoms with E-state index in [9.17, 15) is 9.18 Å². The number of benzene rings is 1. The fraction of sp³-hybridized carbons (Fsp3) is 0.533. The van der Waals surface area contributed by atoms with E-state index in [0.717, 1.165) is 12.8 Å². The molecule has 0 fully saturated rings. The number of carbonyl (C=O) groups excluding carboxylic acids is 1. The van der Waals surface area contributed by atoms with Gasteiger partial charge in [-0.1, -0.05) is 32.4 Å². The Morgan fingerprint density at radius 3 is 2.63 bits per heavy atom. The molecule has 19 heavy (non-hydrogen) atoms. The largest absolute Gasteiger partial charge is 0.322 e. The lowest BCUT2D eigenvalue weighted by atomic mass is 10.0. The van der Waals surface area contributed by atoms with Crippen LogP contribution in [-0.2, 0) is 4.79 Å². The van der Waals surface area contributed by atoms with Gasteiger partial charge in [0.15, 0.2) is 0 Å². The van der Waals surface area contributed by atoms with Crippen LogP contribution in [0, 0.1) is 11.7 Å². The molecular weight excluding hydrogens is 243 g/mol. The number of carbonyl (C=O) groups is 1. The van der Waals surface area contributed by atoms with Crippen molar-refractivity contribution >= 4 is 11.6 Å². The average molecular weight is 266 g/mol. The highest BCUT2D eigenvalue weighted by atomic mass is 19.1. The summed E-state index contributed by atoms with van der Waals surface area (Å²) >= 11 is 0. The Bertz CT molecular complexity index is 409. The van der Waals surface area contributed by atoms with Crippen LogP contribution >= 0.6 is 0 Å². The molecule has 0 saturated carbocycles. The summed E-state index contributed by atoms with van der Waals surface area (Å²) in [6.45, 7) is 6.61. The summed E-state index contributed by atoms with van der Waals surface area (Å²) in [7, 11) is 0. The number of para-hydroxylation sites is 1. The van der Waals surface area contributed by atoms with Crippen molar-refractivity contribution in [1.82, 2.24) is 5.32 Å². The van der Waals surface area contributed by atoms with Crippen molar-refractivity contribution in [3.05, 3.63) is 30.1 Å². The SMILES string of the molecule is CCC(C)CC(C)NCC(=O)Nc1ccccc1F. The maximum Gasteiger partial charge on any atom is 0.238 e. The highest BCUT2D eigenvalue weighted by Crippen LogP contribution is 2.12. The van der Waals surface area contributed by atoms with Crippen molar-refractivity contribution in [3.63, 3.8) is 0 Å². The van der Waals surface area contributed by atoms with Gasteiger partial charge < -0.3 is 10.6 Å². The molecule has 4 heteroatoms. The number of amides is 1. The van der Waals surface area contributed by atoms with E-state index in [4.69, 9.17) is 0 Å².